The maximum atomic E-state index is 3.70. The molecule has 0 saturated heterocycles. The van der Waals surface area contributed by atoms with Crippen molar-refractivity contribution < 1.29 is 0 Å². The molecule has 1 heterocycles. The van der Waals surface area contributed by atoms with Gasteiger partial charge in [-0.15, -0.1) is 11.3 Å². The van der Waals surface area contributed by atoms with E-state index in [4.69, 9.17) is 0 Å². The maximum Gasteiger partial charge on any atom is 0.0334 e. The highest BCUT2D eigenvalue weighted by molar-refractivity contribution is 14.1. The largest absolute Gasteiger partial charge is 0.306 e. The molecule has 0 fully saturated rings. The zero-order chi connectivity index (χ0) is 12.4. The number of fused-ring (bicyclic) bond motifs is 1. The number of nitrogens with one attached hydrogen (secondary N) is 1. The number of hydrogen-bond donors (Lipinski definition) is 1. The van der Waals surface area contributed by atoms with E-state index in [-0.39, 0.29) is 0 Å². The molecule has 1 N–H and O–H groups in total. The van der Waals surface area contributed by atoms with Crippen LogP contribution in [0.15, 0.2) is 35.7 Å². The molecule has 1 aliphatic carbocycles. The molecule has 0 amide bonds. The zero-order valence-electron chi connectivity index (χ0n) is 10.2. The summed E-state index contributed by atoms with van der Waals surface area (Å²) in [4.78, 5) is 1.58. The second-order valence-electron chi connectivity index (χ2n) is 4.75. The van der Waals surface area contributed by atoms with Crippen molar-refractivity contribution in [3.05, 3.63) is 55.3 Å². The van der Waals surface area contributed by atoms with Crippen LogP contribution in [0.3, 0.4) is 0 Å². The minimum Gasteiger partial charge on any atom is -0.306 e. The Morgan fingerprint density at radius 1 is 1.22 bits per heavy atom. The zero-order valence-corrected chi connectivity index (χ0v) is 13.1. The van der Waals surface area contributed by atoms with Crippen molar-refractivity contribution in [2.75, 3.05) is 0 Å². The fourth-order valence-electron chi connectivity index (χ4n) is 2.54. The Morgan fingerprint density at radius 3 is 2.89 bits per heavy atom. The number of halogens is 1. The van der Waals surface area contributed by atoms with Crippen molar-refractivity contribution in [2.45, 2.75) is 31.8 Å². The number of aryl methyl sites for hydroxylation is 1. The summed E-state index contributed by atoms with van der Waals surface area (Å²) in [6.07, 6.45) is 3.86. The lowest BCUT2D eigenvalue weighted by Gasteiger charge is -2.23. The van der Waals surface area contributed by atoms with Crippen molar-refractivity contribution in [3.8, 4) is 0 Å². The van der Waals surface area contributed by atoms with E-state index in [2.05, 4.69) is 63.6 Å². The van der Waals surface area contributed by atoms with Crippen molar-refractivity contribution in [2.24, 2.45) is 0 Å². The standard InChI is InChI=1S/C15H16INS/c16-12-6-4-11(5-7-12)10-17-14-2-1-3-15-13(14)8-9-18-15/h4-9,14,17H,1-3,10H2. The third-order valence-electron chi connectivity index (χ3n) is 3.52. The van der Waals surface area contributed by atoms with Crippen LogP contribution in [0.2, 0.25) is 0 Å². The Balaban J connectivity index is 1.66. The molecule has 3 heteroatoms. The van der Waals surface area contributed by atoms with Gasteiger partial charge in [-0.05, 0) is 76.6 Å². The summed E-state index contributed by atoms with van der Waals surface area (Å²) in [5.74, 6) is 0. The van der Waals surface area contributed by atoms with Crippen LogP contribution in [-0.4, -0.2) is 0 Å². The Labute approximate surface area is 126 Å². The first-order valence-corrected chi connectivity index (χ1v) is 8.33. The van der Waals surface area contributed by atoms with Gasteiger partial charge in [0, 0.05) is 21.0 Å². The van der Waals surface area contributed by atoms with E-state index in [1.54, 1.807) is 4.88 Å². The topological polar surface area (TPSA) is 12.0 Å². The summed E-state index contributed by atoms with van der Waals surface area (Å²) in [7, 11) is 0. The number of hydrogen-bond acceptors (Lipinski definition) is 2. The number of thiophene rings is 1. The average molecular weight is 369 g/mol. The minimum absolute atomic E-state index is 0.555. The third-order valence-corrected chi connectivity index (χ3v) is 5.23. The summed E-state index contributed by atoms with van der Waals surface area (Å²) in [5, 5.41) is 5.94. The second-order valence-corrected chi connectivity index (χ2v) is 7.00. The molecule has 1 aromatic carbocycles. The molecule has 3 rings (SSSR count). The number of rotatable bonds is 3. The van der Waals surface area contributed by atoms with E-state index in [1.807, 2.05) is 11.3 Å². The predicted molar refractivity (Wildman–Crippen MR) is 86.0 cm³/mol. The van der Waals surface area contributed by atoms with Gasteiger partial charge in [0.2, 0.25) is 0 Å². The van der Waals surface area contributed by atoms with Crippen molar-refractivity contribution in [3.63, 3.8) is 0 Å². The normalized spacial score (nSPS) is 18.6. The van der Waals surface area contributed by atoms with Gasteiger partial charge in [0.1, 0.15) is 0 Å². The van der Waals surface area contributed by atoms with Crippen LogP contribution in [0.5, 0.6) is 0 Å². The predicted octanol–water partition coefficient (Wildman–Crippen LogP) is 4.52. The lowest BCUT2D eigenvalue weighted by Crippen LogP contribution is -2.23. The fourth-order valence-corrected chi connectivity index (χ4v) is 3.89. The first-order valence-electron chi connectivity index (χ1n) is 6.37. The van der Waals surface area contributed by atoms with Crippen LogP contribution in [0.1, 0.15) is 34.9 Å². The molecule has 2 aromatic rings. The maximum absolute atomic E-state index is 3.70. The van der Waals surface area contributed by atoms with E-state index in [0.29, 0.717) is 6.04 Å². The fraction of sp³-hybridized carbons (Fsp3) is 0.333. The van der Waals surface area contributed by atoms with Crippen LogP contribution in [-0.2, 0) is 13.0 Å². The molecule has 0 aliphatic heterocycles. The Kier molecular flexibility index (Phi) is 4.01. The highest BCUT2D eigenvalue weighted by Gasteiger charge is 2.20. The van der Waals surface area contributed by atoms with Gasteiger partial charge < -0.3 is 5.32 Å². The molecule has 1 nitrogen and oxygen atoms in total. The van der Waals surface area contributed by atoms with Crippen molar-refractivity contribution in [1.82, 2.24) is 5.32 Å². The van der Waals surface area contributed by atoms with Crippen LogP contribution in [0.25, 0.3) is 0 Å². The van der Waals surface area contributed by atoms with E-state index >= 15 is 0 Å². The number of benzene rings is 1. The molecular formula is C15H16INS. The molecule has 0 bridgehead atoms. The molecule has 1 aliphatic rings. The molecular weight excluding hydrogens is 353 g/mol. The SMILES string of the molecule is Ic1ccc(CNC2CCCc3sccc32)cc1. The lowest BCUT2D eigenvalue weighted by molar-refractivity contribution is 0.463. The monoisotopic (exact) mass is 369 g/mol. The lowest BCUT2D eigenvalue weighted by atomic mass is 9.94. The molecule has 1 unspecified atom stereocenters. The van der Waals surface area contributed by atoms with E-state index in [9.17, 15) is 0 Å². The summed E-state index contributed by atoms with van der Waals surface area (Å²) < 4.78 is 1.30. The van der Waals surface area contributed by atoms with Crippen LogP contribution in [0.4, 0.5) is 0 Å². The van der Waals surface area contributed by atoms with Gasteiger partial charge in [0.15, 0.2) is 0 Å². The van der Waals surface area contributed by atoms with Crippen LogP contribution in [0, 0.1) is 3.57 Å². The van der Waals surface area contributed by atoms with Gasteiger partial charge in [-0.1, -0.05) is 12.1 Å². The Bertz CT molecular complexity index is 518. The van der Waals surface area contributed by atoms with Gasteiger partial charge >= 0.3 is 0 Å². The van der Waals surface area contributed by atoms with Crippen molar-refractivity contribution in [1.29, 1.82) is 0 Å². The van der Waals surface area contributed by atoms with Crippen molar-refractivity contribution >= 4 is 33.9 Å². The summed E-state index contributed by atoms with van der Waals surface area (Å²) >= 11 is 4.26. The van der Waals surface area contributed by atoms with Crippen LogP contribution < -0.4 is 5.32 Å². The molecule has 0 radical (unpaired) electrons. The van der Waals surface area contributed by atoms with E-state index in [1.165, 1.54) is 34.0 Å². The first-order chi connectivity index (χ1) is 8.83. The smallest absolute Gasteiger partial charge is 0.0334 e. The molecule has 0 spiro atoms. The van der Waals surface area contributed by atoms with Gasteiger partial charge in [-0.3, -0.25) is 0 Å². The Hall–Kier alpha value is -0.390. The minimum atomic E-state index is 0.555. The highest BCUT2D eigenvalue weighted by atomic mass is 127. The summed E-state index contributed by atoms with van der Waals surface area (Å²) in [6, 6.07) is 11.6. The molecule has 18 heavy (non-hydrogen) atoms. The van der Waals surface area contributed by atoms with Gasteiger partial charge in [-0.25, -0.2) is 0 Å². The molecule has 94 valence electrons. The van der Waals surface area contributed by atoms with Gasteiger partial charge in [0.05, 0.1) is 0 Å². The second kappa shape index (κ2) is 5.72. The van der Waals surface area contributed by atoms with Gasteiger partial charge in [-0.2, -0.15) is 0 Å². The average Bonchev–Trinajstić information content (AvgIpc) is 2.87. The van der Waals surface area contributed by atoms with E-state index in [0.717, 1.165) is 6.54 Å². The molecule has 0 saturated carbocycles. The van der Waals surface area contributed by atoms with Crippen LogP contribution >= 0.6 is 33.9 Å². The summed E-state index contributed by atoms with van der Waals surface area (Å²) in [5.41, 5.74) is 2.91. The van der Waals surface area contributed by atoms with Gasteiger partial charge in [0.25, 0.3) is 0 Å². The third kappa shape index (κ3) is 2.78. The molecule has 1 atom stereocenters. The first kappa shape index (κ1) is 12.6. The molecule has 1 aromatic heterocycles. The van der Waals surface area contributed by atoms with E-state index < -0.39 is 0 Å². The quantitative estimate of drug-likeness (QED) is 0.785. The summed E-state index contributed by atoms with van der Waals surface area (Å²) in [6.45, 7) is 0.969. The highest BCUT2D eigenvalue weighted by Crippen LogP contribution is 2.33. The Morgan fingerprint density at radius 2 is 2.06 bits per heavy atom.